The molecule has 6 aromatic carbocycles. The Morgan fingerprint density at radius 3 is 1.16 bits per heavy atom. The molecular formula is C77H103N3O12Si2. The lowest BCUT2D eigenvalue weighted by Crippen LogP contribution is -2.68. The number of nitrogens with zero attached hydrogens (tertiary/aromatic N) is 3. The van der Waals surface area contributed by atoms with Crippen LogP contribution >= 0.6 is 0 Å². The van der Waals surface area contributed by atoms with E-state index in [9.17, 15) is 5.53 Å². The molecule has 17 heteroatoms. The summed E-state index contributed by atoms with van der Waals surface area (Å²) in [5, 5.41) is 8.50. The SMILES string of the molecule is CO[C@H]1OC(CO[Si](c2ccccc2)(c2ccccc2)C(C)(C)C)[C@H](O[C@@H]2OC(C)[C@@H](O[C@H]3OC(CO[Si](c4ccccc4)(c4ccccc4)C(C)(C)C)[C@H](O[C@@H]4OC(C)[C@@H](C)[C@@H](OCc5ccccc5)C4C)[C@H](C)C3N=[N+]=[N-])[C@@H](OCc3ccccc3)C2C)[C@H](C)C1C. The lowest BCUT2D eigenvalue weighted by atomic mass is 9.84. The molecule has 10 rings (SSSR count). The fourth-order valence-electron chi connectivity index (χ4n) is 15.1. The normalized spacial score (nSPS) is 31.9. The van der Waals surface area contributed by atoms with Gasteiger partial charge in [-0.15, -0.1) is 0 Å². The molecule has 4 saturated heterocycles. The molecule has 6 aromatic rings. The first-order chi connectivity index (χ1) is 45.1. The van der Waals surface area contributed by atoms with Gasteiger partial charge in [-0.05, 0) is 73.2 Å². The Balaban J connectivity index is 0.984. The molecule has 94 heavy (non-hydrogen) atoms. The van der Waals surface area contributed by atoms with Crippen LogP contribution in [0.15, 0.2) is 187 Å². The Kier molecular flexibility index (Phi) is 23.8. The Morgan fingerprint density at radius 1 is 0.394 bits per heavy atom. The van der Waals surface area contributed by atoms with Crippen molar-refractivity contribution >= 4 is 37.4 Å². The van der Waals surface area contributed by atoms with Crippen LogP contribution in [-0.2, 0) is 69.4 Å². The van der Waals surface area contributed by atoms with Crippen LogP contribution in [-0.4, -0.2) is 123 Å². The Hall–Kier alpha value is -5.42. The highest BCUT2D eigenvalue weighted by atomic mass is 28.4. The third-order valence-electron chi connectivity index (χ3n) is 20.7. The average Bonchev–Trinajstić information content (AvgIpc) is 0.755. The molecule has 4 aliphatic rings. The van der Waals surface area contributed by atoms with Gasteiger partial charge in [-0.2, -0.15) is 0 Å². The van der Waals surface area contributed by atoms with Crippen LogP contribution in [0, 0.1) is 35.5 Å². The third-order valence-corrected chi connectivity index (χ3v) is 30.7. The van der Waals surface area contributed by atoms with E-state index in [1.54, 1.807) is 7.11 Å². The van der Waals surface area contributed by atoms with Gasteiger partial charge in [0.15, 0.2) is 25.2 Å². The second kappa shape index (κ2) is 31.4. The predicted molar refractivity (Wildman–Crippen MR) is 373 cm³/mol. The van der Waals surface area contributed by atoms with Gasteiger partial charge >= 0.3 is 0 Å². The largest absolute Gasteiger partial charge is 0.405 e. The smallest absolute Gasteiger partial charge is 0.261 e. The Bertz CT molecular complexity index is 3230. The van der Waals surface area contributed by atoms with Crippen molar-refractivity contribution in [3.63, 3.8) is 0 Å². The first-order valence-corrected chi connectivity index (χ1v) is 37.9. The van der Waals surface area contributed by atoms with E-state index in [0.29, 0.717) is 6.61 Å². The molecule has 8 unspecified atom stereocenters. The maximum Gasteiger partial charge on any atom is 0.261 e. The van der Waals surface area contributed by atoms with Crippen molar-refractivity contribution < 1.29 is 56.2 Å². The lowest BCUT2D eigenvalue weighted by molar-refractivity contribution is -0.362. The second-order valence-corrected chi connectivity index (χ2v) is 37.5. The molecule has 15 nitrogen and oxygen atoms in total. The van der Waals surface area contributed by atoms with E-state index in [4.69, 9.17) is 56.2 Å². The van der Waals surface area contributed by atoms with Gasteiger partial charge in [0.1, 0.15) is 18.3 Å². The quantitative estimate of drug-likeness (QED) is 0.0245. The van der Waals surface area contributed by atoms with Crippen LogP contribution in [0.1, 0.15) is 108 Å². The summed E-state index contributed by atoms with van der Waals surface area (Å²) in [4.78, 5) is 3.50. The molecular weight excluding hydrogens is 1220 g/mol. The molecule has 20 atom stereocenters. The minimum atomic E-state index is -3.18. The number of ether oxygens (including phenoxy) is 10. The van der Waals surface area contributed by atoms with Gasteiger partial charge in [0.05, 0.1) is 69.1 Å². The number of methoxy groups -OCH3 is 1. The molecule has 4 aliphatic heterocycles. The Morgan fingerprint density at radius 2 is 0.755 bits per heavy atom. The molecule has 0 saturated carbocycles. The van der Waals surface area contributed by atoms with Gasteiger partial charge in [-0.3, -0.25) is 0 Å². The monoisotopic (exact) mass is 1320 g/mol. The summed E-state index contributed by atoms with van der Waals surface area (Å²) in [5.41, 5.74) is 12.7. The van der Waals surface area contributed by atoms with Crippen molar-refractivity contribution in [2.24, 2.45) is 40.6 Å². The predicted octanol–water partition coefficient (Wildman–Crippen LogP) is 13.5. The minimum Gasteiger partial charge on any atom is -0.405 e. The summed E-state index contributed by atoms with van der Waals surface area (Å²) in [6, 6.07) is 61.9. The molecule has 0 bridgehead atoms. The number of rotatable bonds is 24. The van der Waals surface area contributed by atoms with Crippen molar-refractivity contribution in [1.29, 1.82) is 0 Å². The third kappa shape index (κ3) is 15.3. The van der Waals surface area contributed by atoms with Gasteiger partial charge < -0.3 is 56.2 Å². The van der Waals surface area contributed by atoms with E-state index >= 15 is 0 Å². The Labute approximate surface area is 561 Å². The number of hydrogen-bond donors (Lipinski definition) is 0. The van der Waals surface area contributed by atoms with Gasteiger partial charge in [0.25, 0.3) is 16.6 Å². The molecule has 0 N–H and O–H groups in total. The molecule has 0 radical (unpaired) electrons. The zero-order valence-electron chi connectivity index (χ0n) is 57.9. The van der Waals surface area contributed by atoms with Crippen LogP contribution in [0.25, 0.3) is 10.4 Å². The first kappa shape index (κ1) is 71.4. The fraction of sp³-hybridized carbons (Fsp3) is 0.532. The molecule has 0 aromatic heterocycles. The maximum atomic E-state index is 10.6. The van der Waals surface area contributed by atoms with Crippen LogP contribution in [0.2, 0.25) is 10.1 Å². The summed E-state index contributed by atoms with van der Waals surface area (Å²) in [6.07, 6.45) is -8.11. The molecule has 4 fully saturated rings. The highest BCUT2D eigenvalue weighted by Crippen LogP contribution is 2.45. The van der Waals surface area contributed by atoms with Crippen LogP contribution in [0.3, 0.4) is 0 Å². The van der Waals surface area contributed by atoms with E-state index in [2.05, 4.69) is 233 Å². The average molecular weight is 1320 g/mol. The van der Waals surface area contributed by atoms with Crippen LogP contribution < -0.4 is 20.7 Å². The lowest BCUT2D eigenvalue weighted by Gasteiger charge is -2.52. The van der Waals surface area contributed by atoms with Crippen molar-refractivity contribution in [2.45, 2.75) is 206 Å². The molecule has 4 heterocycles. The summed E-state index contributed by atoms with van der Waals surface area (Å²) in [7, 11) is -4.51. The highest BCUT2D eigenvalue weighted by molar-refractivity contribution is 7.00. The number of azide groups is 1. The second-order valence-electron chi connectivity index (χ2n) is 28.9. The molecule has 506 valence electrons. The molecule has 0 amide bonds. The molecule has 0 aliphatic carbocycles. The van der Waals surface area contributed by atoms with E-state index in [0.717, 1.165) is 21.5 Å². The van der Waals surface area contributed by atoms with E-state index in [1.165, 1.54) is 10.4 Å². The van der Waals surface area contributed by atoms with Crippen molar-refractivity contribution in [3.05, 3.63) is 204 Å². The van der Waals surface area contributed by atoms with E-state index < -0.39 is 102 Å². The number of benzene rings is 6. The molecule has 0 spiro atoms. The zero-order valence-corrected chi connectivity index (χ0v) is 59.9. The number of hydrogen-bond acceptors (Lipinski definition) is 13. The summed E-state index contributed by atoms with van der Waals surface area (Å²) in [6.45, 7) is 31.6. The first-order valence-electron chi connectivity index (χ1n) is 34.1. The fourth-order valence-corrected chi connectivity index (χ4v) is 24.3. The van der Waals surface area contributed by atoms with Crippen LogP contribution in [0.5, 0.6) is 0 Å². The van der Waals surface area contributed by atoms with Gasteiger partial charge in [0.2, 0.25) is 0 Å². The van der Waals surface area contributed by atoms with Crippen molar-refractivity contribution in [1.82, 2.24) is 0 Å². The highest BCUT2D eigenvalue weighted by Gasteiger charge is 2.57. The zero-order chi connectivity index (χ0) is 67.0. The summed E-state index contributed by atoms with van der Waals surface area (Å²) < 4.78 is 86.2. The van der Waals surface area contributed by atoms with Gasteiger partial charge in [-0.25, -0.2) is 0 Å². The van der Waals surface area contributed by atoms with Crippen LogP contribution in [0.4, 0.5) is 0 Å². The maximum absolute atomic E-state index is 10.6. The van der Waals surface area contributed by atoms with Gasteiger partial charge in [-0.1, -0.05) is 270 Å². The van der Waals surface area contributed by atoms with E-state index in [1.807, 2.05) is 55.5 Å². The summed E-state index contributed by atoms with van der Waals surface area (Å²) in [5.74, 6) is -1.17. The standard InChI is InChI=1S/C77H103N3O12Si2/c1-50-51(2)72(81-15)88-64(48-84-93(76(9,10)11,60-38-26-18-27-39-60)61-40-28-19-29-41-61)68(50)90-74-55(6)70(83-47-59-36-24-17-25-37-59)71(57(8)87-74)92-75-66(79-80-78)53(4)69(91-73-54(5)67(52(3)56(7)86-73)82-46-58-34-22-16-23-35-58)65(89-75)49-85-94(77(12,13)14,62-42-30-20-31-43-62)63-44-32-21-33-45-63/h16-45,50-57,64-75H,46-49H2,1-15H3/t50-,51?,52-,53-,54?,55?,56?,57?,64?,65?,66?,67-,68-,69-,70+,71-,72+,73+,74+,75-/m1/s1. The van der Waals surface area contributed by atoms with Crippen molar-refractivity contribution in [2.75, 3.05) is 20.3 Å². The van der Waals surface area contributed by atoms with Crippen molar-refractivity contribution in [3.8, 4) is 0 Å². The topological polar surface area (TPSA) is 160 Å². The van der Waals surface area contributed by atoms with Gasteiger partial charge in [0, 0.05) is 35.7 Å². The summed E-state index contributed by atoms with van der Waals surface area (Å²) >= 11 is 0. The van der Waals surface area contributed by atoms with E-state index in [-0.39, 0.29) is 65.8 Å². The minimum absolute atomic E-state index is 0.0460.